The second-order valence-corrected chi connectivity index (χ2v) is 9.26. The monoisotopic (exact) mass is 433 g/mol. The molecule has 0 radical (unpaired) electrons. The van der Waals surface area contributed by atoms with E-state index in [1.807, 2.05) is 29.2 Å². The van der Waals surface area contributed by atoms with Crippen LogP contribution in [0.25, 0.3) is 0 Å². The Labute approximate surface area is 187 Å². The van der Waals surface area contributed by atoms with Crippen molar-refractivity contribution in [1.82, 2.24) is 15.1 Å². The number of likely N-dealkylation sites (tertiary alicyclic amines) is 1. The SMILES string of the molecule is CC(C)CN1Cc2cccc(C(=O)N3CCC4(CC3)NC(=O)c3ccccc3O4)c2C1=O. The van der Waals surface area contributed by atoms with Crippen LogP contribution in [0.2, 0.25) is 0 Å². The Hall–Kier alpha value is -3.35. The molecule has 166 valence electrons. The molecule has 0 bridgehead atoms. The maximum absolute atomic E-state index is 13.4. The second-order valence-electron chi connectivity index (χ2n) is 9.26. The van der Waals surface area contributed by atoms with Crippen molar-refractivity contribution in [2.75, 3.05) is 19.6 Å². The summed E-state index contributed by atoms with van der Waals surface area (Å²) in [6.45, 7) is 6.26. The summed E-state index contributed by atoms with van der Waals surface area (Å²) in [6.07, 6.45) is 0.975. The van der Waals surface area contributed by atoms with Crippen LogP contribution >= 0.6 is 0 Å². The van der Waals surface area contributed by atoms with Crippen molar-refractivity contribution in [3.05, 3.63) is 64.7 Å². The van der Waals surface area contributed by atoms with Gasteiger partial charge in [0.1, 0.15) is 5.75 Å². The van der Waals surface area contributed by atoms with Gasteiger partial charge in [-0.3, -0.25) is 14.4 Å². The maximum atomic E-state index is 13.4. The fraction of sp³-hybridized carbons (Fsp3) is 0.400. The zero-order chi connectivity index (χ0) is 22.5. The molecular weight excluding hydrogens is 406 g/mol. The van der Waals surface area contributed by atoms with Crippen molar-refractivity contribution in [2.45, 2.75) is 39.0 Å². The van der Waals surface area contributed by atoms with E-state index in [4.69, 9.17) is 4.74 Å². The molecule has 1 saturated heterocycles. The number of piperidine rings is 1. The lowest BCUT2D eigenvalue weighted by atomic mass is 9.95. The first-order chi connectivity index (χ1) is 15.4. The number of amides is 3. The highest BCUT2D eigenvalue weighted by Crippen LogP contribution is 2.34. The minimum atomic E-state index is -0.801. The van der Waals surface area contributed by atoms with E-state index in [1.165, 1.54) is 0 Å². The lowest BCUT2D eigenvalue weighted by Gasteiger charge is -2.44. The summed E-state index contributed by atoms with van der Waals surface area (Å²) < 4.78 is 6.18. The standard InChI is InChI=1S/C25H27N3O4/c1-16(2)14-28-15-17-6-5-8-19(21(17)24(28)31)23(30)27-12-10-25(11-13-27)26-22(29)18-7-3-4-9-20(18)32-25/h3-9,16H,10-15H2,1-2H3,(H,26,29). The van der Waals surface area contributed by atoms with Crippen molar-refractivity contribution < 1.29 is 19.1 Å². The zero-order valence-corrected chi connectivity index (χ0v) is 18.4. The smallest absolute Gasteiger partial charge is 0.258 e. The van der Waals surface area contributed by atoms with Crippen molar-refractivity contribution in [3.8, 4) is 5.75 Å². The number of carbonyl (C=O) groups excluding carboxylic acids is 3. The quantitative estimate of drug-likeness (QED) is 0.807. The number of benzene rings is 2. The van der Waals surface area contributed by atoms with E-state index >= 15 is 0 Å². The van der Waals surface area contributed by atoms with Gasteiger partial charge >= 0.3 is 0 Å². The Morgan fingerprint density at radius 2 is 1.84 bits per heavy atom. The zero-order valence-electron chi connectivity index (χ0n) is 18.4. The summed E-state index contributed by atoms with van der Waals surface area (Å²) >= 11 is 0. The van der Waals surface area contributed by atoms with Crippen LogP contribution in [0.5, 0.6) is 5.75 Å². The summed E-state index contributed by atoms with van der Waals surface area (Å²) in [5.74, 6) is 0.585. The summed E-state index contributed by atoms with van der Waals surface area (Å²) in [5.41, 5.74) is 1.64. The Morgan fingerprint density at radius 3 is 2.59 bits per heavy atom. The van der Waals surface area contributed by atoms with Gasteiger partial charge in [-0.1, -0.05) is 38.1 Å². The lowest BCUT2D eigenvalue weighted by molar-refractivity contribution is -0.0246. The van der Waals surface area contributed by atoms with Gasteiger partial charge < -0.3 is 19.9 Å². The van der Waals surface area contributed by atoms with Crippen LogP contribution in [-0.2, 0) is 6.54 Å². The van der Waals surface area contributed by atoms with Gasteiger partial charge in [-0.2, -0.15) is 0 Å². The lowest BCUT2D eigenvalue weighted by Crippen LogP contribution is -2.61. The predicted molar refractivity (Wildman–Crippen MR) is 118 cm³/mol. The Bertz CT molecular complexity index is 1100. The fourth-order valence-electron chi connectivity index (χ4n) is 4.91. The molecule has 1 N–H and O–H groups in total. The van der Waals surface area contributed by atoms with Gasteiger partial charge in [0.25, 0.3) is 17.7 Å². The van der Waals surface area contributed by atoms with Crippen LogP contribution in [0.15, 0.2) is 42.5 Å². The van der Waals surface area contributed by atoms with Crippen molar-refractivity contribution in [1.29, 1.82) is 0 Å². The van der Waals surface area contributed by atoms with Crippen molar-refractivity contribution >= 4 is 17.7 Å². The highest BCUT2D eigenvalue weighted by molar-refractivity contribution is 6.09. The number of fused-ring (bicyclic) bond motifs is 2. The van der Waals surface area contributed by atoms with Crippen LogP contribution in [0.1, 0.15) is 63.3 Å². The van der Waals surface area contributed by atoms with Gasteiger partial charge in [-0.15, -0.1) is 0 Å². The Morgan fingerprint density at radius 1 is 1.09 bits per heavy atom. The first-order valence-corrected chi connectivity index (χ1v) is 11.2. The summed E-state index contributed by atoms with van der Waals surface area (Å²) in [5, 5.41) is 3.00. The minimum Gasteiger partial charge on any atom is -0.467 e. The molecule has 32 heavy (non-hydrogen) atoms. The first kappa shape index (κ1) is 20.5. The topological polar surface area (TPSA) is 79.0 Å². The van der Waals surface area contributed by atoms with Crippen LogP contribution in [0, 0.1) is 5.92 Å². The molecule has 2 aromatic rings. The molecule has 3 heterocycles. The molecule has 0 aliphatic carbocycles. The number of carbonyl (C=O) groups is 3. The third-order valence-electron chi connectivity index (χ3n) is 6.47. The van der Waals surface area contributed by atoms with Gasteiger partial charge in [0.15, 0.2) is 5.72 Å². The minimum absolute atomic E-state index is 0.0642. The molecule has 3 aliphatic heterocycles. The van der Waals surface area contributed by atoms with Crippen LogP contribution < -0.4 is 10.1 Å². The van der Waals surface area contributed by atoms with Crippen LogP contribution in [0.3, 0.4) is 0 Å². The van der Waals surface area contributed by atoms with Gasteiger partial charge in [0, 0.05) is 39.0 Å². The van der Waals surface area contributed by atoms with E-state index < -0.39 is 5.72 Å². The number of hydrogen-bond donors (Lipinski definition) is 1. The Balaban J connectivity index is 1.32. The molecule has 0 unspecified atom stereocenters. The van der Waals surface area contributed by atoms with Gasteiger partial charge in [0.05, 0.1) is 16.7 Å². The number of ether oxygens (including phenoxy) is 1. The fourth-order valence-corrected chi connectivity index (χ4v) is 4.91. The number of hydrogen-bond acceptors (Lipinski definition) is 4. The van der Waals surface area contributed by atoms with E-state index in [0.29, 0.717) is 67.4 Å². The third-order valence-corrected chi connectivity index (χ3v) is 6.47. The largest absolute Gasteiger partial charge is 0.467 e. The average Bonchev–Trinajstić information content (AvgIpc) is 3.08. The first-order valence-electron chi connectivity index (χ1n) is 11.2. The van der Waals surface area contributed by atoms with Crippen LogP contribution in [0.4, 0.5) is 0 Å². The molecule has 2 aromatic carbocycles. The van der Waals surface area contributed by atoms with E-state index in [1.54, 1.807) is 23.1 Å². The Kier molecular flexibility index (Phi) is 4.92. The number of nitrogens with zero attached hydrogens (tertiary/aromatic N) is 2. The van der Waals surface area contributed by atoms with Crippen molar-refractivity contribution in [3.63, 3.8) is 0 Å². The van der Waals surface area contributed by atoms with E-state index in [-0.39, 0.29) is 17.7 Å². The maximum Gasteiger partial charge on any atom is 0.258 e. The van der Waals surface area contributed by atoms with E-state index in [0.717, 1.165) is 5.56 Å². The van der Waals surface area contributed by atoms with Gasteiger partial charge in [-0.05, 0) is 29.7 Å². The van der Waals surface area contributed by atoms with Crippen LogP contribution in [-0.4, -0.2) is 52.9 Å². The van der Waals surface area contributed by atoms with E-state index in [9.17, 15) is 14.4 Å². The molecule has 5 rings (SSSR count). The summed E-state index contributed by atoms with van der Waals surface area (Å²) in [4.78, 5) is 42.5. The number of rotatable bonds is 3. The third kappa shape index (κ3) is 3.42. The van der Waals surface area contributed by atoms with E-state index in [2.05, 4.69) is 19.2 Å². The average molecular weight is 434 g/mol. The molecule has 7 nitrogen and oxygen atoms in total. The highest BCUT2D eigenvalue weighted by atomic mass is 16.5. The molecule has 7 heteroatoms. The molecular formula is C25H27N3O4. The normalized spacial score (nSPS) is 19.0. The molecule has 3 amide bonds. The van der Waals surface area contributed by atoms with Crippen molar-refractivity contribution in [2.24, 2.45) is 5.92 Å². The summed E-state index contributed by atoms with van der Waals surface area (Å²) in [7, 11) is 0. The molecule has 1 fully saturated rings. The molecule has 0 atom stereocenters. The molecule has 0 aromatic heterocycles. The number of para-hydroxylation sites is 1. The molecule has 1 spiro atoms. The summed E-state index contributed by atoms with van der Waals surface area (Å²) in [6, 6.07) is 12.7. The van der Waals surface area contributed by atoms with Gasteiger partial charge in [0.2, 0.25) is 0 Å². The predicted octanol–water partition coefficient (Wildman–Crippen LogP) is 3.05. The molecule has 0 saturated carbocycles. The molecule has 3 aliphatic rings. The van der Waals surface area contributed by atoms with Gasteiger partial charge in [-0.25, -0.2) is 0 Å². The second kappa shape index (κ2) is 7.65. The highest BCUT2D eigenvalue weighted by Gasteiger charge is 2.44. The number of nitrogens with one attached hydrogen (secondary N) is 1.